The molecular formula is C4H9ClN2O. The third-order valence-corrected chi connectivity index (χ3v) is 1.31. The molecule has 0 aliphatic carbocycles. The minimum atomic E-state index is -0.0401. The van der Waals surface area contributed by atoms with Gasteiger partial charge in [-0.05, 0) is 0 Å². The van der Waals surface area contributed by atoms with Crippen molar-refractivity contribution in [2.24, 2.45) is 16.8 Å². The Morgan fingerprint density at radius 1 is 2.00 bits per heavy atom. The van der Waals surface area contributed by atoms with E-state index in [1.165, 1.54) is 0 Å². The molecule has 0 radical (unpaired) electrons. The first-order chi connectivity index (χ1) is 3.72. The zero-order chi connectivity index (χ0) is 6.57. The molecule has 4 heteroatoms. The number of nitrogens with zero attached hydrogens (tertiary/aromatic N) is 1. The van der Waals surface area contributed by atoms with Gasteiger partial charge < -0.3 is 10.9 Å². The quantitative estimate of drug-likeness (QED) is 0.192. The van der Waals surface area contributed by atoms with Gasteiger partial charge >= 0.3 is 0 Å². The number of hydrogen-bond acceptors (Lipinski definition) is 2. The van der Waals surface area contributed by atoms with Crippen LogP contribution in [0.2, 0.25) is 0 Å². The van der Waals surface area contributed by atoms with E-state index >= 15 is 0 Å². The molecule has 3 N–H and O–H groups in total. The van der Waals surface area contributed by atoms with Gasteiger partial charge in [-0.1, -0.05) is 12.1 Å². The Morgan fingerprint density at radius 3 is 2.62 bits per heavy atom. The maximum atomic E-state index is 8.04. The summed E-state index contributed by atoms with van der Waals surface area (Å²) < 4.78 is 0. The van der Waals surface area contributed by atoms with Crippen LogP contribution in [-0.4, -0.2) is 16.9 Å². The fraction of sp³-hybridized carbons (Fsp3) is 0.750. The van der Waals surface area contributed by atoms with Gasteiger partial charge in [0.05, 0.1) is 0 Å². The van der Waals surface area contributed by atoms with E-state index < -0.39 is 0 Å². The Kier molecular flexibility index (Phi) is 3.35. The highest BCUT2D eigenvalue weighted by Gasteiger charge is 2.03. The van der Waals surface area contributed by atoms with Crippen LogP contribution in [0.1, 0.15) is 6.92 Å². The van der Waals surface area contributed by atoms with Gasteiger partial charge in [0.15, 0.2) is 0 Å². The number of oxime groups is 1. The van der Waals surface area contributed by atoms with Crippen molar-refractivity contribution >= 4 is 17.4 Å². The molecular weight excluding hydrogens is 128 g/mol. The second kappa shape index (κ2) is 3.55. The molecule has 0 rings (SSSR count). The Balaban J connectivity index is 3.63. The van der Waals surface area contributed by atoms with E-state index in [-0.39, 0.29) is 11.8 Å². The fourth-order valence-electron chi connectivity index (χ4n) is 0.178. The largest absolute Gasteiger partial charge is 0.409 e. The summed E-state index contributed by atoms with van der Waals surface area (Å²) in [6, 6.07) is 0. The lowest BCUT2D eigenvalue weighted by Gasteiger charge is -2.01. The Morgan fingerprint density at radius 2 is 2.50 bits per heavy atom. The summed E-state index contributed by atoms with van der Waals surface area (Å²) in [4.78, 5) is 0. The second-order valence-corrected chi connectivity index (χ2v) is 1.89. The van der Waals surface area contributed by atoms with Gasteiger partial charge in [-0.2, -0.15) is 0 Å². The highest BCUT2D eigenvalue weighted by molar-refractivity contribution is 6.19. The van der Waals surface area contributed by atoms with Crippen molar-refractivity contribution in [3.63, 3.8) is 0 Å². The van der Waals surface area contributed by atoms with Gasteiger partial charge in [-0.25, -0.2) is 0 Å². The molecule has 0 aromatic heterocycles. The number of hydrogen-bond donors (Lipinski definition) is 2. The van der Waals surface area contributed by atoms with E-state index in [4.69, 9.17) is 22.5 Å². The first-order valence-electron chi connectivity index (χ1n) is 2.25. The third-order valence-electron chi connectivity index (χ3n) is 0.852. The molecule has 1 atom stereocenters. The van der Waals surface area contributed by atoms with Gasteiger partial charge in [0.25, 0.3) is 0 Å². The minimum absolute atomic E-state index is 0.0401. The number of alkyl halides is 1. The van der Waals surface area contributed by atoms with E-state index in [2.05, 4.69) is 5.16 Å². The van der Waals surface area contributed by atoms with E-state index in [1.54, 1.807) is 6.92 Å². The van der Waals surface area contributed by atoms with Crippen molar-refractivity contribution in [3.05, 3.63) is 0 Å². The topological polar surface area (TPSA) is 58.6 Å². The zero-order valence-corrected chi connectivity index (χ0v) is 5.39. The molecule has 0 bridgehead atoms. The van der Waals surface area contributed by atoms with Crippen molar-refractivity contribution in [2.45, 2.75) is 6.92 Å². The van der Waals surface area contributed by atoms with Crippen molar-refractivity contribution in [1.29, 1.82) is 0 Å². The highest BCUT2D eigenvalue weighted by Crippen LogP contribution is 1.95. The molecule has 1 unspecified atom stereocenters. The van der Waals surface area contributed by atoms with Gasteiger partial charge in [-0.15, -0.1) is 11.6 Å². The standard InChI is InChI=1S/C4H9ClN2O/c1-3(2-5)4(6)7-8/h3,8H,2H2,1H3,(H2,6,7). The SMILES string of the molecule is CC(CCl)C(N)=NO. The molecule has 0 fully saturated rings. The molecule has 0 aromatic rings. The predicted molar refractivity (Wildman–Crippen MR) is 33.3 cm³/mol. The first kappa shape index (κ1) is 7.56. The van der Waals surface area contributed by atoms with Crippen molar-refractivity contribution in [2.75, 3.05) is 5.88 Å². The average Bonchev–Trinajstić information content (AvgIpc) is 1.84. The summed E-state index contributed by atoms with van der Waals surface area (Å²) in [6.07, 6.45) is 0. The Hall–Kier alpha value is -0.440. The second-order valence-electron chi connectivity index (χ2n) is 1.58. The highest BCUT2D eigenvalue weighted by atomic mass is 35.5. The lowest BCUT2D eigenvalue weighted by Crippen LogP contribution is -2.22. The summed E-state index contributed by atoms with van der Waals surface area (Å²) in [5, 5.41) is 10.8. The van der Waals surface area contributed by atoms with Crippen LogP contribution >= 0.6 is 11.6 Å². The molecule has 0 heterocycles. The smallest absolute Gasteiger partial charge is 0.143 e. The minimum Gasteiger partial charge on any atom is -0.409 e. The predicted octanol–water partition coefficient (Wildman–Crippen LogP) is 0.608. The average molecular weight is 137 g/mol. The lowest BCUT2D eigenvalue weighted by molar-refractivity contribution is 0.315. The number of nitrogens with two attached hydrogens (primary N) is 1. The van der Waals surface area contributed by atoms with Crippen LogP contribution in [0.15, 0.2) is 5.16 Å². The summed E-state index contributed by atoms with van der Waals surface area (Å²) >= 11 is 5.35. The molecule has 0 saturated carbocycles. The van der Waals surface area contributed by atoms with Crippen LogP contribution in [-0.2, 0) is 0 Å². The summed E-state index contributed by atoms with van der Waals surface area (Å²) in [5.74, 6) is 0.525. The maximum absolute atomic E-state index is 8.04. The van der Waals surface area contributed by atoms with Crippen molar-refractivity contribution in [1.82, 2.24) is 0 Å². The normalized spacial score (nSPS) is 16.0. The van der Waals surface area contributed by atoms with Gasteiger partial charge in [0, 0.05) is 11.8 Å². The lowest BCUT2D eigenvalue weighted by atomic mass is 10.2. The Labute approximate surface area is 53.1 Å². The van der Waals surface area contributed by atoms with E-state index in [0.717, 1.165) is 0 Å². The van der Waals surface area contributed by atoms with Crippen LogP contribution in [0.25, 0.3) is 0 Å². The molecule has 0 saturated heterocycles. The molecule has 0 aliphatic heterocycles. The first-order valence-corrected chi connectivity index (χ1v) is 2.79. The van der Waals surface area contributed by atoms with E-state index in [1.807, 2.05) is 0 Å². The Bertz CT molecular complexity index is 94.0. The van der Waals surface area contributed by atoms with Crippen LogP contribution in [0, 0.1) is 5.92 Å². The molecule has 48 valence electrons. The number of halogens is 1. The molecule has 8 heavy (non-hydrogen) atoms. The maximum Gasteiger partial charge on any atom is 0.143 e. The summed E-state index contributed by atoms with van der Waals surface area (Å²) in [5.41, 5.74) is 5.14. The van der Waals surface area contributed by atoms with Gasteiger partial charge in [-0.3, -0.25) is 0 Å². The fourth-order valence-corrected chi connectivity index (χ4v) is 0.336. The monoisotopic (exact) mass is 136 g/mol. The van der Waals surface area contributed by atoms with Gasteiger partial charge in [0.1, 0.15) is 5.84 Å². The zero-order valence-electron chi connectivity index (χ0n) is 4.63. The van der Waals surface area contributed by atoms with Crippen LogP contribution in [0.4, 0.5) is 0 Å². The molecule has 0 aromatic carbocycles. The number of amidine groups is 1. The summed E-state index contributed by atoms with van der Waals surface area (Å²) in [6.45, 7) is 1.78. The van der Waals surface area contributed by atoms with Gasteiger partial charge in [0.2, 0.25) is 0 Å². The molecule has 0 amide bonds. The molecule has 0 spiro atoms. The molecule has 3 nitrogen and oxygen atoms in total. The van der Waals surface area contributed by atoms with Crippen LogP contribution in [0.3, 0.4) is 0 Å². The van der Waals surface area contributed by atoms with Crippen molar-refractivity contribution in [3.8, 4) is 0 Å². The van der Waals surface area contributed by atoms with Crippen LogP contribution < -0.4 is 5.73 Å². The van der Waals surface area contributed by atoms with Crippen molar-refractivity contribution < 1.29 is 5.21 Å². The summed E-state index contributed by atoms with van der Waals surface area (Å²) in [7, 11) is 0. The van der Waals surface area contributed by atoms with Crippen LogP contribution in [0.5, 0.6) is 0 Å². The third kappa shape index (κ3) is 2.02. The van der Waals surface area contributed by atoms with E-state index in [9.17, 15) is 0 Å². The number of rotatable bonds is 2. The molecule has 0 aliphatic rings. The van der Waals surface area contributed by atoms with E-state index in [0.29, 0.717) is 5.88 Å².